The lowest BCUT2D eigenvalue weighted by Crippen LogP contribution is -2.43. The number of nitrogens with zero attached hydrogens (tertiary/aromatic N) is 3. The fraction of sp³-hybridized carbons (Fsp3) is 0.455. The Hall–Kier alpha value is -1.62. The molecule has 1 unspecified atom stereocenters. The van der Waals surface area contributed by atoms with E-state index >= 15 is 0 Å². The van der Waals surface area contributed by atoms with E-state index in [0.29, 0.717) is 5.71 Å². The van der Waals surface area contributed by atoms with Gasteiger partial charge in [-0.15, -0.1) is 0 Å². The van der Waals surface area contributed by atoms with Gasteiger partial charge in [0.25, 0.3) is 5.71 Å². The number of rotatable bonds is 1. The van der Waals surface area contributed by atoms with E-state index < -0.39 is 0 Å². The van der Waals surface area contributed by atoms with Crippen LogP contribution < -0.4 is 10.6 Å². The number of anilines is 1. The van der Waals surface area contributed by atoms with Gasteiger partial charge in [-0.1, -0.05) is 5.16 Å². The number of hydrogen-bond acceptors (Lipinski definition) is 5. The van der Waals surface area contributed by atoms with Gasteiger partial charge in [0.15, 0.2) is 0 Å². The molecular weight excluding hydrogens is 204 g/mol. The summed E-state index contributed by atoms with van der Waals surface area (Å²) in [6.45, 7) is 1.88. The SMILES string of the molecule is NC1CCCN(c2ccc3cnoc3n2)C1. The molecule has 16 heavy (non-hydrogen) atoms. The van der Waals surface area contributed by atoms with Crippen LogP contribution in [0.5, 0.6) is 0 Å². The van der Waals surface area contributed by atoms with Crippen LogP contribution >= 0.6 is 0 Å². The Morgan fingerprint density at radius 1 is 1.44 bits per heavy atom. The number of pyridine rings is 1. The molecule has 2 N–H and O–H groups in total. The summed E-state index contributed by atoms with van der Waals surface area (Å²) in [5, 5.41) is 4.66. The molecule has 1 aliphatic heterocycles. The highest BCUT2D eigenvalue weighted by Crippen LogP contribution is 2.20. The Bertz CT molecular complexity index is 495. The quantitative estimate of drug-likeness (QED) is 0.777. The van der Waals surface area contributed by atoms with Crippen molar-refractivity contribution in [2.75, 3.05) is 18.0 Å². The van der Waals surface area contributed by atoms with Gasteiger partial charge in [0.1, 0.15) is 5.82 Å². The van der Waals surface area contributed by atoms with Crippen LogP contribution in [0.15, 0.2) is 22.9 Å². The zero-order chi connectivity index (χ0) is 11.0. The second kappa shape index (κ2) is 3.75. The summed E-state index contributed by atoms with van der Waals surface area (Å²) in [6, 6.07) is 4.23. The van der Waals surface area contributed by atoms with Crippen molar-refractivity contribution in [3.05, 3.63) is 18.3 Å². The van der Waals surface area contributed by atoms with Crippen LogP contribution in [0.1, 0.15) is 12.8 Å². The molecule has 1 saturated heterocycles. The van der Waals surface area contributed by atoms with Gasteiger partial charge in [0.2, 0.25) is 0 Å². The first kappa shape index (κ1) is 9.59. The minimum Gasteiger partial charge on any atom is -0.355 e. The van der Waals surface area contributed by atoms with Crippen LogP contribution in [-0.2, 0) is 0 Å². The third-order valence-electron chi connectivity index (χ3n) is 2.99. The highest BCUT2D eigenvalue weighted by atomic mass is 16.5. The van der Waals surface area contributed by atoms with Crippen molar-refractivity contribution in [2.45, 2.75) is 18.9 Å². The zero-order valence-electron chi connectivity index (χ0n) is 8.97. The molecule has 0 amide bonds. The third kappa shape index (κ3) is 1.63. The summed E-state index contributed by atoms with van der Waals surface area (Å²) in [7, 11) is 0. The van der Waals surface area contributed by atoms with Gasteiger partial charge in [-0.3, -0.25) is 0 Å². The third-order valence-corrected chi connectivity index (χ3v) is 2.99. The molecule has 5 heteroatoms. The van der Waals surface area contributed by atoms with E-state index in [2.05, 4.69) is 15.0 Å². The van der Waals surface area contributed by atoms with Gasteiger partial charge < -0.3 is 15.2 Å². The van der Waals surface area contributed by atoms with E-state index in [-0.39, 0.29) is 6.04 Å². The standard InChI is InChI=1S/C11H14N4O/c12-9-2-1-5-15(7-9)10-4-3-8-6-13-16-11(8)14-10/h3-4,6,9H,1-2,5,7,12H2. The summed E-state index contributed by atoms with van der Waals surface area (Å²) in [4.78, 5) is 6.64. The smallest absolute Gasteiger partial charge is 0.259 e. The van der Waals surface area contributed by atoms with Gasteiger partial charge in [0, 0.05) is 19.1 Å². The second-order valence-electron chi connectivity index (χ2n) is 4.24. The predicted octanol–water partition coefficient (Wildman–Crippen LogP) is 1.15. The second-order valence-corrected chi connectivity index (χ2v) is 4.24. The molecule has 1 aliphatic rings. The van der Waals surface area contributed by atoms with E-state index in [1.807, 2.05) is 12.1 Å². The van der Waals surface area contributed by atoms with Crippen molar-refractivity contribution < 1.29 is 4.52 Å². The molecule has 2 aromatic rings. The Kier molecular flexibility index (Phi) is 2.25. The lowest BCUT2D eigenvalue weighted by Gasteiger charge is -2.31. The van der Waals surface area contributed by atoms with Gasteiger partial charge in [-0.05, 0) is 25.0 Å². The van der Waals surface area contributed by atoms with E-state index in [1.165, 1.54) is 0 Å². The van der Waals surface area contributed by atoms with Crippen LogP contribution in [-0.4, -0.2) is 29.3 Å². The lowest BCUT2D eigenvalue weighted by atomic mass is 10.1. The van der Waals surface area contributed by atoms with Gasteiger partial charge in [0.05, 0.1) is 11.6 Å². The average molecular weight is 218 g/mol. The van der Waals surface area contributed by atoms with E-state index in [1.54, 1.807) is 6.20 Å². The molecule has 3 rings (SSSR count). The molecule has 2 aromatic heterocycles. The first-order chi connectivity index (χ1) is 7.83. The van der Waals surface area contributed by atoms with Crippen molar-refractivity contribution in [1.82, 2.24) is 10.1 Å². The van der Waals surface area contributed by atoms with Crippen molar-refractivity contribution >= 4 is 16.9 Å². The Morgan fingerprint density at radius 2 is 2.38 bits per heavy atom. The zero-order valence-corrected chi connectivity index (χ0v) is 8.97. The van der Waals surface area contributed by atoms with Gasteiger partial charge in [-0.25, -0.2) is 0 Å². The van der Waals surface area contributed by atoms with Crippen LogP contribution in [0.3, 0.4) is 0 Å². The fourth-order valence-electron chi connectivity index (χ4n) is 2.14. The molecular formula is C11H14N4O. The maximum atomic E-state index is 5.95. The molecule has 5 nitrogen and oxygen atoms in total. The number of hydrogen-bond donors (Lipinski definition) is 1. The largest absolute Gasteiger partial charge is 0.355 e. The van der Waals surface area contributed by atoms with Gasteiger partial charge in [-0.2, -0.15) is 4.98 Å². The maximum Gasteiger partial charge on any atom is 0.259 e. The van der Waals surface area contributed by atoms with E-state index in [9.17, 15) is 0 Å². The Balaban J connectivity index is 1.92. The molecule has 0 bridgehead atoms. The summed E-state index contributed by atoms with van der Waals surface area (Å²) in [5.41, 5.74) is 6.54. The normalized spacial score (nSPS) is 21.6. The number of nitrogens with two attached hydrogens (primary N) is 1. The summed E-state index contributed by atoms with van der Waals surface area (Å²) >= 11 is 0. The lowest BCUT2D eigenvalue weighted by molar-refractivity contribution is 0.447. The first-order valence-corrected chi connectivity index (χ1v) is 5.55. The summed E-state index contributed by atoms with van der Waals surface area (Å²) < 4.78 is 5.06. The molecule has 84 valence electrons. The molecule has 0 aliphatic carbocycles. The molecule has 0 saturated carbocycles. The summed E-state index contributed by atoms with van der Waals surface area (Å²) in [6.07, 6.45) is 3.90. The van der Waals surface area contributed by atoms with Crippen molar-refractivity contribution in [3.8, 4) is 0 Å². The maximum absolute atomic E-state index is 5.95. The molecule has 0 aromatic carbocycles. The molecule has 1 fully saturated rings. The molecule has 0 radical (unpaired) electrons. The average Bonchev–Trinajstić information content (AvgIpc) is 2.75. The Labute approximate surface area is 93.2 Å². The van der Waals surface area contributed by atoms with Gasteiger partial charge >= 0.3 is 0 Å². The number of piperidine rings is 1. The molecule has 0 spiro atoms. The van der Waals surface area contributed by atoms with Crippen LogP contribution in [0.2, 0.25) is 0 Å². The minimum atomic E-state index is 0.251. The monoisotopic (exact) mass is 218 g/mol. The van der Waals surface area contributed by atoms with Crippen molar-refractivity contribution in [3.63, 3.8) is 0 Å². The van der Waals surface area contributed by atoms with Crippen LogP contribution in [0.4, 0.5) is 5.82 Å². The highest BCUT2D eigenvalue weighted by molar-refractivity contribution is 5.73. The Morgan fingerprint density at radius 3 is 3.25 bits per heavy atom. The van der Waals surface area contributed by atoms with Crippen LogP contribution in [0.25, 0.3) is 11.1 Å². The van der Waals surface area contributed by atoms with Crippen LogP contribution in [0, 0.1) is 0 Å². The number of aromatic nitrogens is 2. The topological polar surface area (TPSA) is 68.2 Å². The van der Waals surface area contributed by atoms with E-state index in [4.69, 9.17) is 10.3 Å². The number of fused-ring (bicyclic) bond motifs is 1. The predicted molar refractivity (Wildman–Crippen MR) is 61.2 cm³/mol. The van der Waals surface area contributed by atoms with Crippen molar-refractivity contribution in [1.29, 1.82) is 0 Å². The summed E-state index contributed by atoms with van der Waals surface area (Å²) in [5.74, 6) is 0.930. The molecule has 3 heterocycles. The first-order valence-electron chi connectivity index (χ1n) is 5.55. The van der Waals surface area contributed by atoms with Crippen molar-refractivity contribution in [2.24, 2.45) is 5.73 Å². The molecule has 1 atom stereocenters. The van der Waals surface area contributed by atoms with E-state index in [0.717, 1.165) is 37.1 Å². The highest BCUT2D eigenvalue weighted by Gasteiger charge is 2.18. The minimum absolute atomic E-state index is 0.251. The fourth-order valence-corrected chi connectivity index (χ4v) is 2.14.